The largest absolute Gasteiger partial charge is 0.465 e. The highest BCUT2D eigenvalue weighted by Gasteiger charge is 2.27. The molecule has 0 aromatic heterocycles. The zero-order chi connectivity index (χ0) is 24.2. The number of benzene rings is 3. The van der Waals surface area contributed by atoms with Crippen LogP contribution in [0.3, 0.4) is 0 Å². The number of halogens is 1. The third-order valence-electron chi connectivity index (χ3n) is 5.06. The van der Waals surface area contributed by atoms with Crippen LogP contribution in [0.15, 0.2) is 71.6 Å². The second-order valence-corrected chi connectivity index (χ2v) is 9.65. The Morgan fingerprint density at radius 2 is 1.58 bits per heavy atom. The minimum absolute atomic E-state index is 0.0142. The number of amides is 1. The van der Waals surface area contributed by atoms with Gasteiger partial charge in [-0.15, -0.1) is 0 Å². The molecule has 0 unspecified atom stereocenters. The Kier molecular flexibility index (Phi) is 7.40. The molecule has 33 heavy (non-hydrogen) atoms. The fraction of sp³-hybridized carbons (Fsp3) is 0.167. The Labute approximate surface area is 198 Å². The molecule has 9 heteroatoms. The van der Waals surface area contributed by atoms with E-state index in [1.807, 2.05) is 13.8 Å². The van der Waals surface area contributed by atoms with Gasteiger partial charge in [0.25, 0.3) is 10.0 Å². The molecule has 0 bridgehead atoms. The molecule has 1 N–H and O–H groups in total. The first-order valence-electron chi connectivity index (χ1n) is 9.95. The molecule has 0 aliphatic heterocycles. The minimum atomic E-state index is -4.06. The van der Waals surface area contributed by atoms with Crippen LogP contribution >= 0.6 is 11.6 Å². The molecule has 0 radical (unpaired) electrons. The highest BCUT2D eigenvalue weighted by molar-refractivity contribution is 7.92. The number of sulfonamides is 1. The number of esters is 1. The third kappa shape index (κ3) is 5.71. The number of carbonyl (C=O) groups excluding carboxylic acids is 2. The van der Waals surface area contributed by atoms with Gasteiger partial charge in [-0.2, -0.15) is 0 Å². The van der Waals surface area contributed by atoms with Crippen LogP contribution in [-0.2, 0) is 19.6 Å². The summed E-state index contributed by atoms with van der Waals surface area (Å²) in [5, 5.41) is 3.07. The lowest BCUT2D eigenvalue weighted by molar-refractivity contribution is -0.114. The normalized spacial score (nSPS) is 11.0. The fourth-order valence-corrected chi connectivity index (χ4v) is 4.61. The summed E-state index contributed by atoms with van der Waals surface area (Å²) in [5.41, 5.74) is 3.00. The first-order valence-corrected chi connectivity index (χ1v) is 11.8. The number of anilines is 2. The third-order valence-corrected chi connectivity index (χ3v) is 7.10. The average Bonchev–Trinajstić information content (AvgIpc) is 2.79. The van der Waals surface area contributed by atoms with E-state index in [0.717, 1.165) is 15.4 Å². The van der Waals surface area contributed by atoms with Gasteiger partial charge in [-0.05, 0) is 85.6 Å². The quantitative estimate of drug-likeness (QED) is 0.493. The van der Waals surface area contributed by atoms with Gasteiger partial charge in [0.1, 0.15) is 6.54 Å². The zero-order valence-electron chi connectivity index (χ0n) is 18.3. The average molecular weight is 487 g/mol. The van der Waals surface area contributed by atoms with E-state index in [0.29, 0.717) is 22.0 Å². The SMILES string of the molecule is COC(=O)c1ccc(NC(=O)CN(c2ccc(C)c(C)c2)S(=O)(=O)c2ccc(Cl)cc2)cc1. The first kappa shape index (κ1) is 24.3. The standard InChI is InChI=1S/C24H23ClN2O5S/c1-16-4-11-21(14-17(16)2)27(33(30,31)22-12-7-19(25)8-13-22)15-23(28)26-20-9-5-18(6-10-20)24(29)32-3/h4-14H,15H2,1-3H3,(H,26,28). The smallest absolute Gasteiger partial charge is 0.337 e. The van der Waals surface area contributed by atoms with Crippen LogP contribution in [0.4, 0.5) is 11.4 Å². The molecular formula is C24H23ClN2O5S. The minimum Gasteiger partial charge on any atom is -0.465 e. The Bertz CT molecular complexity index is 1270. The van der Waals surface area contributed by atoms with Crippen molar-refractivity contribution in [2.75, 3.05) is 23.3 Å². The number of nitrogens with zero attached hydrogens (tertiary/aromatic N) is 1. The van der Waals surface area contributed by atoms with Crippen LogP contribution in [0.2, 0.25) is 5.02 Å². The molecule has 0 fully saturated rings. The predicted octanol–water partition coefficient (Wildman–Crippen LogP) is 4.58. The molecule has 172 valence electrons. The van der Waals surface area contributed by atoms with E-state index in [4.69, 9.17) is 11.6 Å². The summed E-state index contributed by atoms with van der Waals surface area (Å²) < 4.78 is 32.6. The Morgan fingerprint density at radius 1 is 0.939 bits per heavy atom. The van der Waals surface area contributed by atoms with E-state index in [2.05, 4.69) is 10.1 Å². The molecule has 0 heterocycles. The lowest BCUT2D eigenvalue weighted by atomic mass is 10.1. The molecule has 3 aromatic carbocycles. The number of rotatable bonds is 7. The van der Waals surface area contributed by atoms with Crippen LogP contribution in [0.25, 0.3) is 0 Å². The van der Waals surface area contributed by atoms with E-state index in [1.165, 1.54) is 55.6 Å². The number of hydrogen-bond donors (Lipinski definition) is 1. The maximum atomic E-state index is 13.4. The Balaban J connectivity index is 1.91. The molecule has 0 atom stereocenters. The van der Waals surface area contributed by atoms with Crippen LogP contribution in [0, 0.1) is 13.8 Å². The molecule has 0 aliphatic rings. The van der Waals surface area contributed by atoms with Gasteiger partial charge >= 0.3 is 5.97 Å². The Hall–Kier alpha value is -3.36. The van der Waals surface area contributed by atoms with E-state index in [1.54, 1.807) is 18.2 Å². The van der Waals surface area contributed by atoms with Crippen LogP contribution in [-0.4, -0.2) is 33.9 Å². The van der Waals surface area contributed by atoms with Crippen molar-refractivity contribution in [3.63, 3.8) is 0 Å². The van der Waals surface area contributed by atoms with Crippen molar-refractivity contribution in [2.45, 2.75) is 18.7 Å². The lowest BCUT2D eigenvalue weighted by Crippen LogP contribution is -2.38. The lowest BCUT2D eigenvalue weighted by Gasteiger charge is -2.25. The van der Waals surface area contributed by atoms with Crippen LogP contribution < -0.4 is 9.62 Å². The van der Waals surface area contributed by atoms with Crippen molar-refractivity contribution >= 4 is 44.9 Å². The molecular weight excluding hydrogens is 464 g/mol. The van der Waals surface area contributed by atoms with Gasteiger partial charge in [0.15, 0.2) is 0 Å². The summed E-state index contributed by atoms with van der Waals surface area (Å²) in [6.07, 6.45) is 0. The van der Waals surface area contributed by atoms with Crippen LogP contribution in [0.5, 0.6) is 0 Å². The summed E-state index contributed by atoms with van der Waals surface area (Å²) in [4.78, 5) is 24.4. The van der Waals surface area contributed by atoms with E-state index in [9.17, 15) is 18.0 Å². The molecule has 0 saturated carbocycles. The maximum absolute atomic E-state index is 13.4. The number of aryl methyl sites for hydroxylation is 2. The highest BCUT2D eigenvalue weighted by atomic mass is 35.5. The van der Waals surface area contributed by atoms with Crippen molar-refractivity contribution in [1.29, 1.82) is 0 Å². The van der Waals surface area contributed by atoms with Gasteiger partial charge in [0.05, 0.1) is 23.3 Å². The predicted molar refractivity (Wildman–Crippen MR) is 128 cm³/mol. The summed E-state index contributed by atoms with van der Waals surface area (Å²) in [7, 11) is -2.78. The number of nitrogens with one attached hydrogen (secondary N) is 1. The van der Waals surface area contributed by atoms with Gasteiger partial charge < -0.3 is 10.1 Å². The number of ether oxygens (including phenoxy) is 1. The van der Waals surface area contributed by atoms with Crippen molar-refractivity contribution in [3.8, 4) is 0 Å². The van der Waals surface area contributed by atoms with Crippen molar-refractivity contribution in [2.24, 2.45) is 0 Å². The van der Waals surface area contributed by atoms with Gasteiger partial charge in [-0.25, -0.2) is 13.2 Å². The van der Waals surface area contributed by atoms with Crippen molar-refractivity contribution in [1.82, 2.24) is 0 Å². The second-order valence-electron chi connectivity index (χ2n) is 7.35. The molecule has 3 aromatic rings. The van der Waals surface area contributed by atoms with Crippen molar-refractivity contribution < 1.29 is 22.7 Å². The molecule has 1 amide bonds. The molecule has 0 spiro atoms. The number of methoxy groups -OCH3 is 1. The molecule has 3 rings (SSSR count). The number of hydrogen-bond acceptors (Lipinski definition) is 5. The molecule has 0 aliphatic carbocycles. The topological polar surface area (TPSA) is 92.8 Å². The molecule has 0 saturated heterocycles. The monoisotopic (exact) mass is 486 g/mol. The van der Waals surface area contributed by atoms with Gasteiger partial charge in [-0.3, -0.25) is 9.10 Å². The number of carbonyl (C=O) groups is 2. The van der Waals surface area contributed by atoms with E-state index in [-0.39, 0.29) is 4.90 Å². The van der Waals surface area contributed by atoms with E-state index < -0.39 is 28.4 Å². The van der Waals surface area contributed by atoms with Gasteiger partial charge in [-0.1, -0.05) is 17.7 Å². The van der Waals surface area contributed by atoms with Gasteiger partial charge in [0.2, 0.25) is 5.91 Å². The van der Waals surface area contributed by atoms with E-state index >= 15 is 0 Å². The zero-order valence-corrected chi connectivity index (χ0v) is 19.9. The van der Waals surface area contributed by atoms with Crippen molar-refractivity contribution in [3.05, 3.63) is 88.4 Å². The molecule has 7 nitrogen and oxygen atoms in total. The first-order chi connectivity index (χ1) is 15.6. The second kappa shape index (κ2) is 10.1. The van der Waals surface area contributed by atoms with Crippen LogP contribution in [0.1, 0.15) is 21.5 Å². The summed E-state index contributed by atoms with van der Waals surface area (Å²) in [5.74, 6) is -1.04. The van der Waals surface area contributed by atoms with Gasteiger partial charge in [0, 0.05) is 10.7 Å². The summed E-state index contributed by atoms with van der Waals surface area (Å²) in [6, 6.07) is 17.0. The fourth-order valence-electron chi connectivity index (χ4n) is 3.07. The highest BCUT2D eigenvalue weighted by Crippen LogP contribution is 2.26. The summed E-state index contributed by atoms with van der Waals surface area (Å²) in [6.45, 7) is 3.34. The Morgan fingerprint density at radius 3 is 2.15 bits per heavy atom. The maximum Gasteiger partial charge on any atom is 0.337 e. The summed E-state index contributed by atoms with van der Waals surface area (Å²) >= 11 is 5.91.